The number of pyridine rings is 2. The molecule has 2 aromatic carbocycles. The molecule has 4 rings (SSSR count). The van der Waals surface area contributed by atoms with Crippen molar-refractivity contribution in [3.05, 3.63) is 105 Å². The van der Waals surface area contributed by atoms with Gasteiger partial charge in [-0.1, -0.05) is 25.1 Å². The molecule has 0 atom stereocenters. The van der Waals surface area contributed by atoms with E-state index in [0.29, 0.717) is 11.3 Å². The molecular weight excluding hydrogens is 421 g/mol. The number of amides is 1. The number of rotatable bonds is 6. The summed E-state index contributed by atoms with van der Waals surface area (Å²) in [7, 11) is 0. The van der Waals surface area contributed by atoms with Gasteiger partial charge in [-0.2, -0.15) is 0 Å². The van der Waals surface area contributed by atoms with Gasteiger partial charge in [-0.3, -0.25) is 19.4 Å². The topological polar surface area (TPSA) is 81.1 Å². The Morgan fingerprint density at radius 3 is 2.55 bits per heavy atom. The van der Waals surface area contributed by atoms with E-state index in [9.17, 15) is 18.8 Å². The number of aromatic nitrogens is 2. The molecule has 6 nitrogen and oxygen atoms in total. The number of fused-ring (bicyclic) bond motifs is 1. The van der Waals surface area contributed by atoms with Crippen LogP contribution in [0.2, 0.25) is 0 Å². The number of benzene rings is 2. The van der Waals surface area contributed by atoms with Crippen molar-refractivity contribution >= 4 is 28.3 Å². The molecule has 0 saturated heterocycles. The first-order valence-electron chi connectivity index (χ1n) is 10.5. The fourth-order valence-corrected chi connectivity index (χ4v) is 3.77. The molecule has 0 aliphatic rings. The number of ketones is 1. The van der Waals surface area contributed by atoms with E-state index in [1.165, 1.54) is 47.4 Å². The van der Waals surface area contributed by atoms with Crippen molar-refractivity contribution in [2.45, 2.75) is 26.8 Å². The summed E-state index contributed by atoms with van der Waals surface area (Å²) in [6.07, 6.45) is 5.00. The molecule has 0 unspecified atom stereocenters. The van der Waals surface area contributed by atoms with Crippen molar-refractivity contribution in [2.75, 3.05) is 5.32 Å². The van der Waals surface area contributed by atoms with Crippen LogP contribution < -0.4 is 10.7 Å². The maximum absolute atomic E-state index is 14.4. The van der Waals surface area contributed by atoms with Gasteiger partial charge in [0.05, 0.1) is 11.1 Å². The number of para-hydroxylation sites is 1. The van der Waals surface area contributed by atoms with Crippen molar-refractivity contribution in [1.82, 2.24) is 9.55 Å². The minimum absolute atomic E-state index is 0.0959. The summed E-state index contributed by atoms with van der Waals surface area (Å²) < 4.78 is 15.8. The van der Waals surface area contributed by atoms with E-state index in [-0.39, 0.29) is 34.5 Å². The lowest BCUT2D eigenvalue weighted by Gasteiger charge is -2.15. The SMILES string of the molecule is CCc1ccccc1NC(=O)Cn1cc(C(=O)c2ccncc2)c(=O)c2cc(C)c(F)cc21. The van der Waals surface area contributed by atoms with Crippen LogP contribution in [0, 0.1) is 12.7 Å². The zero-order valence-electron chi connectivity index (χ0n) is 18.3. The van der Waals surface area contributed by atoms with Gasteiger partial charge in [0.25, 0.3) is 0 Å². The Bertz CT molecular complexity index is 1430. The molecule has 0 saturated carbocycles. The van der Waals surface area contributed by atoms with Crippen LogP contribution in [-0.4, -0.2) is 21.2 Å². The lowest BCUT2D eigenvalue weighted by molar-refractivity contribution is -0.116. The summed E-state index contributed by atoms with van der Waals surface area (Å²) in [5.41, 5.74) is 1.88. The lowest BCUT2D eigenvalue weighted by atomic mass is 10.0. The lowest BCUT2D eigenvalue weighted by Crippen LogP contribution is -2.24. The molecule has 166 valence electrons. The van der Waals surface area contributed by atoms with Crippen LogP contribution in [0.15, 0.2) is 71.9 Å². The first-order chi connectivity index (χ1) is 15.9. The first kappa shape index (κ1) is 22.1. The number of aryl methyl sites for hydroxylation is 2. The van der Waals surface area contributed by atoms with Crippen LogP contribution in [0.25, 0.3) is 10.9 Å². The van der Waals surface area contributed by atoms with Crippen molar-refractivity contribution in [3.63, 3.8) is 0 Å². The molecule has 7 heteroatoms. The Kier molecular flexibility index (Phi) is 6.13. The molecule has 0 fully saturated rings. The summed E-state index contributed by atoms with van der Waals surface area (Å²) in [6.45, 7) is 3.33. The van der Waals surface area contributed by atoms with Gasteiger partial charge in [0.1, 0.15) is 12.4 Å². The normalized spacial score (nSPS) is 10.9. The molecule has 1 N–H and O–H groups in total. The smallest absolute Gasteiger partial charge is 0.244 e. The highest BCUT2D eigenvalue weighted by atomic mass is 19.1. The van der Waals surface area contributed by atoms with E-state index < -0.39 is 17.0 Å². The molecule has 0 aliphatic heterocycles. The monoisotopic (exact) mass is 443 g/mol. The second-order valence-corrected chi connectivity index (χ2v) is 7.74. The van der Waals surface area contributed by atoms with Crippen LogP contribution in [0.3, 0.4) is 0 Å². The van der Waals surface area contributed by atoms with E-state index in [2.05, 4.69) is 10.3 Å². The molecule has 0 bridgehead atoms. The molecule has 0 aliphatic carbocycles. The molecule has 4 aromatic rings. The highest BCUT2D eigenvalue weighted by Gasteiger charge is 2.19. The highest BCUT2D eigenvalue weighted by Crippen LogP contribution is 2.20. The number of anilines is 1. The number of hydrogen-bond donors (Lipinski definition) is 1. The second kappa shape index (κ2) is 9.16. The fourth-order valence-electron chi connectivity index (χ4n) is 3.77. The third-order valence-corrected chi connectivity index (χ3v) is 5.53. The average Bonchev–Trinajstić information content (AvgIpc) is 2.82. The van der Waals surface area contributed by atoms with Crippen molar-refractivity contribution in [3.8, 4) is 0 Å². The van der Waals surface area contributed by atoms with Crippen LogP contribution in [0.5, 0.6) is 0 Å². The van der Waals surface area contributed by atoms with Crippen molar-refractivity contribution < 1.29 is 14.0 Å². The predicted octanol–water partition coefficient (Wildman–Crippen LogP) is 4.28. The summed E-state index contributed by atoms with van der Waals surface area (Å²) in [5, 5.41) is 3.05. The van der Waals surface area contributed by atoms with E-state index in [4.69, 9.17) is 0 Å². The number of nitrogens with zero attached hydrogens (tertiary/aromatic N) is 2. The van der Waals surface area contributed by atoms with Gasteiger partial charge in [-0.25, -0.2) is 4.39 Å². The van der Waals surface area contributed by atoms with Gasteiger partial charge in [-0.05, 0) is 54.8 Å². The molecule has 0 spiro atoms. The summed E-state index contributed by atoms with van der Waals surface area (Å²) in [5.74, 6) is -1.35. The number of carbonyl (C=O) groups excluding carboxylic acids is 2. The first-order valence-corrected chi connectivity index (χ1v) is 10.5. The maximum atomic E-state index is 14.4. The van der Waals surface area contributed by atoms with E-state index in [1.54, 1.807) is 6.92 Å². The Balaban J connectivity index is 1.80. The fraction of sp³-hybridized carbons (Fsp3) is 0.154. The minimum Gasteiger partial charge on any atom is -0.337 e. The second-order valence-electron chi connectivity index (χ2n) is 7.74. The highest BCUT2D eigenvalue weighted by molar-refractivity contribution is 6.10. The predicted molar refractivity (Wildman–Crippen MR) is 125 cm³/mol. The van der Waals surface area contributed by atoms with E-state index >= 15 is 0 Å². The molecule has 2 aromatic heterocycles. The number of halogens is 1. The van der Waals surface area contributed by atoms with Gasteiger partial charge in [-0.15, -0.1) is 0 Å². The Hall–Kier alpha value is -4.13. The Morgan fingerprint density at radius 2 is 1.82 bits per heavy atom. The third-order valence-electron chi connectivity index (χ3n) is 5.53. The van der Waals surface area contributed by atoms with E-state index in [0.717, 1.165) is 12.0 Å². The molecular formula is C26H22FN3O3. The summed E-state index contributed by atoms with van der Waals surface area (Å²) in [4.78, 5) is 43.0. The van der Waals surface area contributed by atoms with Crippen molar-refractivity contribution in [2.24, 2.45) is 0 Å². The van der Waals surface area contributed by atoms with Gasteiger partial charge in [0.2, 0.25) is 11.3 Å². The van der Waals surface area contributed by atoms with Crippen molar-refractivity contribution in [1.29, 1.82) is 0 Å². The Labute approximate surface area is 189 Å². The van der Waals surface area contributed by atoms with Crippen LogP contribution in [0.1, 0.15) is 34.0 Å². The standard InChI is InChI=1S/C26H22FN3O3/c1-3-17-6-4-5-7-22(17)29-24(31)15-30-14-20(25(32)18-8-10-28-11-9-18)26(33)19-12-16(2)21(27)13-23(19)30/h4-14H,3,15H2,1-2H3,(H,29,31). The van der Waals surface area contributed by atoms with Crippen LogP contribution in [0.4, 0.5) is 10.1 Å². The zero-order valence-corrected chi connectivity index (χ0v) is 18.3. The van der Waals surface area contributed by atoms with Crippen LogP contribution in [-0.2, 0) is 17.8 Å². The van der Waals surface area contributed by atoms with Gasteiger partial charge < -0.3 is 9.88 Å². The third kappa shape index (κ3) is 4.43. The number of nitrogens with one attached hydrogen (secondary N) is 1. The molecule has 0 radical (unpaired) electrons. The van der Waals surface area contributed by atoms with E-state index in [1.807, 2.05) is 31.2 Å². The van der Waals surface area contributed by atoms with Gasteiger partial charge in [0.15, 0.2) is 5.78 Å². The Morgan fingerprint density at radius 1 is 1.09 bits per heavy atom. The van der Waals surface area contributed by atoms with Crippen LogP contribution >= 0.6 is 0 Å². The summed E-state index contributed by atoms with van der Waals surface area (Å²) in [6, 6.07) is 13.1. The molecule has 1 amide bonds. The quantitative estimate of drug-likeness (QED) is 0.451. The summed E-state index contributed by atoms with van der Waals surface area (Å²) >= 11 is 0. The number of carbonyl (C=O) groups is 2. The molecule has 33 heavy (non-hydrogen) atoms. The number of hydrogen-bond acceptors (Lipinski definition) is 4. The maximum Gasteiger partial charge on any atom is 0.244 e. The largest absolute Gasteiger partial charge is 0.337 e. The van der Waals surface area contributed by atoms with Gasteiger partial charge >= 0.3 is 0 Å². The molecule has 2 heterocycles. The minimum atomic E-state index is -0.511. The zero-order chi connectivity index (χ0) is 23.5. The average molecular weight is 443 g/mol. The van der Waals surface area contributed by atoms with Gasteiger partial charge in [0, 0.05) is 35.2 Å².